The number of Topliss-reactive ketones (excluding diaryl/α,β-unsaturated/α-hetero) is 1. The van der Waals surface area contributed by atoms with Crippen molar-refractivity contribution in [1.29, 1.82) is 0 Å². The van der Waals surface area contributed by atoms with Crippen LogP contribution in [-0.4, -0.2) is 10.6 Å². The fourth-order valence-electron chi connectivity index (χ4n) is 1.65. The predicted molar refractivity (Wildman–Crippen MR) is 75.2 cm³/mol. The number of benzene rings is 1. The Hall–Kier alpha value is -0.150. The van der Waals surface area contributed by atoms with Gasteiger partial charge in [-0.25, -0.2) is 0 Å². The molecule has 0 aliphatic rings. The Labute approximate surface area is 114 Å². The van der Waals surface area contributed by atoms with E-state index in [1.54, 1.807) is 0 Å². The van der Waals surface area contributed by atoms with E-state index < -0.39 is 0 Å². The highest BCUT2D eigenvalue weighted by Gasteiger charge is 2.14. The number of carbonyl (C=O) groups is 1. The van der Waals surface area contributed by atoms with Gasteiger partial charge in [-0.15, -0.1) is 0 Å². The smallest absolute Gasteiger partial charge is 0.146 e. The quantitative estimate of drug-likeness (QED) is 0.726. The van der Waals surface area contributed by atoms with Gasteiger partial charge in [0.25, 0.3) is 0 Å². The molecular formula is C13H16Br2O. The molecular weight excluding hydrogens is 332 g/mol. The van der Waals surface area contributed by atoms with Crippen LogP contribution in [0.3, 0.4) is 0 Å². The molecule has 1 atom stereocenters. The summed E-state index contributed by atoms with van der Waals surface area (Å²) in [6.07, 6.45) is 2.37. The van der Waals surface area contributed by atoms with Crippen LogP contribution in [-0.2, 0) is 17.6 Å². The molecule has 0 aliphatic heterocycles. The van der Waals surface area contributed by atoms with E-state index in [0.717, 1.165) is 17.3 Å². The molecule has 0 bridgehead atoms. The maximum Gasteiger partial charge on any atom is 0.146 e. The van der Waals surface area contributed by atoms with Gasteiger partial charge in [-0.2, -0.15) is 0 Å². The number of hydrogen-bond donors (Lipinski definition) is 0. The van der Waals surface area contributed by atoms with E-state index in [2.05, 4.69) is 50.9 Å². The molecule has 0 saturated carbocycles. The second-order valence-electron chi connectivity index (χ2n) is 3.76. The summed E-state index contributed by atoms with van der Waals surface area (Å²) in [4.78, 5) is 11.5. The molecule has 1 rings (SSSR count). The molecule has 0 fully saturated rings. The molecule has 0 heterocycles. The van der Waals surface area contributed by atoms with Crippen molar-refractivity contribution in [3.8, 4) is 0 Å². The van der Waals surface area contributed by atoms with E-state index in [1.165, 1.54) is 11.1 Å². The van der Waals surface area contributed by atoms with E-state index in [9.17, 15) is 4.79 Å². The highest BCUT2D eigenvalue weighted by Crippen LogP contribution is 2.21. The summed E-state index contributed by atoms with van der Waals surface area (Å²) in [5.41, 5.74) is 2.57. The highest BCUT2D eigenvalue weighted by atomic mass is 79.9. The zero-order valence-electron chi connectivity index (χ0n) is 9.59. The standard InChI is InChI=1S/C13H16Br2O/c1-3-9-7-11(14)6-5-10(9)8-12(15)13(16)4-2/h5-7,12H,3-4,8H2,1-2H3. The molecule has 1 nitrogen and oxygen atoms in total. The summed E-state index contributed by atoms with van der Waals surface area (Å²) < 4.78 is 1.10. The van der Waals surface area contributed by atoms with Crippen molar-refractivity contribution in [3.05, 3.63) is 33.8 Å². The van der Waals surface area contributed by atoms with E-state index in [0.29, 0.717) is 6.42 Å². The van der Waals surface area contributed by atoms with Crippen LogP contribution in [0.15, 0.2) is 22.7 Å². The van der Waals surface area contributed by atoms with Crippen LogP contribution in [0.2, 0.25) is 0 Å². The van der Waals surface area contributed by atoms with E-state index in [1.807, 2.05) is 13.0 Å². The fraction of sp³-hybridized carbons (Fsp3) is 0.462. The molecule has 0 N–H and O–H groups in total. The van der Waals surface area contributed by atoms with Crippen LogP contribution >= 0.6 is 31.9 Å². The van der Waals surface area contributed by atoms with Crippen molar-refractivity contribution in [1.82, 2.24) is 0 Å². The van der Waals surface area contributed by atoms with Crippen LogP contribution in [0.25, 0.3) is 0 Å². The molecule has 0 amide bonds. The number of ketones is 1. The largest absolute Gasteiger partial charge is 0.298 e. The molecule has 0 spiro atoms. The normalized spacial score (nSPS) is 12.5. The Balaban J connectivity index is 2.84. The third-order valence-electron chi connectivity index (χ3n) is 2.65. The topological polar surface area (TPSA) is 17.1 Å². The Bertz CT molecular complexity index is 374. The van der Waals surface area contributed by atoms with Crippen molar-refractivity contribution in [2.45, 2.75) is 37.9 Å². The number of hydrogen-bond acceptors (Lipinski definition) is 1. The number of rotatable bonds is 5. The second-order valence-corrected chi connectivity index (χ2v) is 5.78. The van der Waals surface area contributed by atoms with Gasteiger partial charge in [-0.1, -0.05) is 51.8 Å². The predicted octanol–water partition coefficient (Wildman–Crippen LogP) is 4.30. The van der Waals surface area contributed by atoms with Crippen LogP contribution in [0.1, 0.15) is 31.4 Å². The van der Waals surface area contributed by atoms with Crippen molar-refractivity contribution >= 4 is 37.6 Å². The van der Waals surface area contributed by atoms with Crippen LogP contribution in [0.5, 0.6) is 0 Å². The monoisotopic (exact) mass is 346 g/mol. The van der Waals surface area contributed by atoms with Gasteiger partial charge in [0, 0.05) is 10.9 Å². The van der Waals surface area contributed by atoms with E-state index in [4.69, 9.17) is 0 Å². The Morgan fingerprint density at radius 1 is 1.31 bits per heavy atom. The molecule has 3 heteroatoms. The zero-order chi connectivity index (χ0) is 12.1. The summed E-state index contributed by atoms with van der Waals surface area (Å²) in [6.45, 7) is 4.04. The molecule has 16 heavy (non-hydrogen) atoms. The summed E-state index contributed by atoms with van der Waals surface area (Å²) in [5.74, 6) is 0.268. The number of aryl methyl sites for hydroxylation is 1. The molecule has 0 radical (unpaired) electrons. The van der Waals surface area contributed by atoms with Gasteiger partial charge in [0.05, 0.1) is 4.83 Å². The third-order valence-corrected chi connectivity index (χ3v) is 3.97. The minimum Gasteiger partial charge on any atom is -0.298 e. The van der Waals surface area contributed by atoms with Crippen molar-refractivity contribution in [3.63, 3.8) is 0 Å². The van der Waals surface area contributed by atoms with Crippen molar-refractivity contribution in [2.24, 2.45) is 0 Å². The van der Waals surface area contributed by atoms with Gasteiger partial charge in [0.2, 0.25) is 0 Å². The summed E-state index contributed by atoms with van der Waals surface area (Å²) in [7, 11) is 0. The average molecular weight is 348 g/mol. The maximum absolute atomic E-state index is 11.5. The molecule has 0 saturated heterocycles. The lowest BCUT2D eigenvalue weighted by Crippen LogP contribution is -2.16. The zero-order valence-corrected chi connectivity index (χ0v) is 12.8. The Kier molecular flexibility index (Phi) is 5.70. The lowest BCUT2D eigenvalue weighted by atomic mass is 9.99. The molecule has 1 aromatic carbocycles. The van der Waals surface area contributed by atoms with Crippen LogP contribution < -0.4 is 0 Å². The van der Waals surface area contributed by atoms with Gasteiger partial charge in [-0.3, -0.25) is 4.79 Å². The average Bonchev–Trinajstić information content (AvgIpc) is 2.30. The maximum atomic E-state index is 11.5. The van der Waals surface area contributed by atoms with E-state index in [-0.39, 0.29) is 10.6 Å². The van der Waals surface area contributed by atoms with Crippen molar-refractivity contribution in [2.75, 3.05) is 0 Å². The van der Waals surface area contributed by atoms with Gasteiger partial charge in [-0.05, 0) is 36.1 Å². The number of halogens is 2. The van der Waals surface area contributed by atoms with Crippen LogP contribution in [0.4, 0.5) is 0 Å². The third kappa shape index (κ3) is 3.70. The summed E-state index contributed by atoms with van der Waals surface area (Å²) >= 11 is 6.93. The molecule has 0 aliphatic carbocycles. The first-order valence-corrected chi connectivity index (χ1v) is 7.23. The van der Waals surface area contributed by atoms with E-state index >= 15 is 0 Å². The number of alkyl halides is 1. The molecule has 88 valence electrons. The summed E-state index contributed by atoms with van der Waals surface area (Å²) in [6, 6.07) is 6.26. The Morgan fingerprint density at radius 2 is 2.00 bits per heavy atom. The molecule has 1 unspecified atom stereocenters. The SMILES string of the molecule is CCC(=O)C(Br)Cc1ccc(Br)cc1CC. The summed E-state index contributed by atoms with van der Waals surface area (Å²) in [5, 5.41) is 0. The fourth-order valence-corrected chi connectivity index (χ4v) is 2.73. The minimum absolute atomic E-state index is 0.0519. The Morgan fingerprint density at radius 3 is 2.56 bits per heavy atom. The first kappa shape index (κ1) is 13.9. The lowest BCUT2D eigenvalue weighted by Gasteiger charge is -2.12. The van der Waals surface area contributed by atoms with Crippen molar-refractivity contribution < 1.29 is 4.79 Å². The van der Waals surface area contributed by atoms with Gasteiger partial charge >= 0.3 is 0 Å². The second kappa shape index (κ2) is 6.55. The first-order chi connectivity index (χ1) is 7.58. The van der Waals surface area contributed by atoms with Gasteiger partial charge in [0.15, 0.2) is 0 Å². The molecule has 0 aromatic heterocycles. The lowest BCUT2D eigenvalue weighted by molar-refractivity contribution is -0.118. The van der Waals surface area contributed by atoms with Crippen LogP contribution in [0, 0.1) is 0 Å². The first-order valence-electron chi connectivity index (χ1n) is 5.52. The minimum atomic E-state index is -0.0519. The van der Waals surface area contributed by atoms with Gasteiger partial charge in [0.1, 0.15) is 5.78 Å². The van der Waals surface area contributed by atoms with Gasteiger partial charge < -0.3 is 0 Å². The number of carbonyl (C=O) groups excluding carboxylic acids is 1. The highest BCUT2D eigenvalue weighted by molar-refractivity contribution is 9.10. The molecule has 1 aromatic rings.